The van der Waals surface area contributed by atoms with Crippen LogP contribution in [-0.4, -0.2) is 16.2 Å². The van der Waals surface area contributed by atoms with Crippen molar-refractivity contribution in [1.82, 2.24) is 9.55 Å². The van der Waals surface area contributed by atoms with E-state index >= 15 is 0 Å². The molecule has 0 radical (unpaired) electrons. The zero-order valence-corrected chi connectivity index (χ0v) is 12.2. The zero-order chi connectivity index (χ0) is 12.8. The highest BCUT2D eigenvalue weighted by Crippen LogP contribution is 2.27. The molecule has 0 aliphatic heterocycles. The van der Waals surface area contributed by atoms with E-state index in [4.69, 9.17) is 16.3 Å². The molecule has 0 fully saturated rings. The number of ether oxygens (including phenoxy) is 1. The van der Waals surface area contributed by atoms with Crippen molar-refractivity contribution in [2.24, 2.45) is 0 Å². The molecule has 1 aromatic heterocycles. The van der Waals surface area contributed by atoms with Crippen LogP contribution >= 0.6 is 27.5 Å². The van der Waals surface area contributed by atoms with Crippen molar-refractivity contribution in [3.8, 4) is 5.75 Å². The Balaban J connectivity index is 1.69. The van der Waals surface area contributed by atoms with Crippen molar-refractivity contribution in [3.63, 3.8) is 0 Å². The summed E-state index contributed by atoms with van der Waals surface area (Å²) in [4.78, 5) is 4.00. The van der Waals surface area contributed by atoms with E-state index in [2.05, 4.69) is 25.5 Å². The van der Waals surface area contributed by atoms with E-state index in [9.17, 15) is 0 Å². The lowest BCUT2D eigenvalue weighted by molar-refractivity contribution is 0.303. The predicted octanol–water partition coefficient (Wildman–Crippen LogP) is 4.16. The number of halogens is 2. The first kappa shape index (κ1) is 13.4. The molecule has 96 valence electrons. The van der Waals surface area contributed by atoms with Gasteiger partial charge in [-0.05, 0) is 31.0 Å². The van der Waals surface area contributed by atoms with E-state index in [1.165, 1.54) is 0 Å². The number of unbranched alkanes of at least 4 members (excludes halogenated alkanes) is 1. The van der Waals surface area contributed by atoms with Gasteiger partial charge >= 0.3 is 0 Å². The maximum atomic E-state index is 6.06. The maximum Gasteiger partial charge on any atom is 0.137 e. The second kappa shape index (κ2) is 6.81. The third-order valence-electron chi connectivity index (χ3n) is 2.52. The van der Waals surface area contributed by atoms with E-state index in [0.29, 0.717) is 11.6 Å². The summed E-state index contributed by atoms with van der Waals surface area (Å²) in [6, 6.07) is 5.64. The highest BCUT2D eigenvalue weighted by atomic mass is 79.9. The van der Waals surface area contributed by atoms with Crippen molar-refractivity contribution in [2.75, 3.05) is 6.61 Å². The summed E-state index contributed by atoms with van der Waals surface area (Å²) >= 11 is 9.42. The number of aromatic nitrogens is 2. The molecule has 0 N–H and O–H groups in total. The molecular weight excluding hydrogens is 316 g/mol. The minimum atomic E-state index is 0.638. The largest absolute Gasteiger partial charge is 0.492 e. The maximum absolute atomic E-state index is 6.06. The van der Waals surface area contributed by atoms with Gasteiger partial charge in [-0.15, -0.1) is 0 Å². The van der Waals surface area contributed by atoms with Crippen LogP contribution in [0, 0.1) is 0 Å². The first-order chi connectivity index (χ1) is 8.75. The monoisotopic (exact) mass is 328 g/mol. The summed E-state index contributed by atoms with van der Waals surface area (Å²) in [7, 11) is 0. The molecule has 1 heterocycles. The summed E-state index contributed by atoms with van der Waals surface area (Å²) in [5.41, 5.74) is 0. The summed E-state index contributed by atoms with van der Waals surface area (Å²) in [6.07, 6.45) is 7.63. The van der Waals surface area contributed by atoms with Gasteiger partial charge in [-0.1, -0.05) is 27.5 Å². The van der Waals surface area contributed by atoms with Crippen molar-refractivity contribution in [1.29, 1.82) is 0 Å². The van der Waals surface area contributed by atoms with E-state index < -0.39 is 0 Å². The average Bonchev–Trinajstić information content (AvgIpc) is 2.84. The summed E-state index contributed by atoms with van der Waals surface area (Å²) in [5, 5.41) is 0.638. The molecule has 0 amide bonds. The molecule has 3 nitrogen and oxygen atoms in total. The Morgan fingerprint density at radius 2 is 2.22 bits per heavy atom. The Kier molecular flexibility index (Phi) is 5.08. The van der Waals surface area contributed by atoms with Crippen LogP contribution in [0.25, 0.3) is 0 Å². The van der Waals surface area contributed by atoms with Crippen molar-refractivity contribution in [2.45, 2.75) is 19.4 Å². The Morgan fingerprint density at radius 1 is 1.33 bits per heavy atom. The lowest BCUT2D eigenvalue weighted by Crippen LogP contribution is -2.01. The number of rotatable bonds is 6. The number of nitrogens with zero attached hydrogens (tertiary/aromatic N) is 2. The van der Waals surface area contributed by atoms with Gasteiger partial charge in [-0.2, -0.15) is 0 Å². The number of benzene rings is 1. The van der Waals surface area contributed by atoms with E-state index in [1.54, 1.807) is 6.20 Å². The smallest absolute Gasteiger partial charge is 0.137 e. The molecule has 0 spiro atoms. The summed E-state index contributed by atoms with van der Waals surface area (Å²) in [5.74, 6) is 0.738. The highest BCUT2D eigenvalue weighted by Gasteiger charge is 2.01. The van der Waals surface area contributed by atoms with Gasteiger partial charge in [0.2, 0.25) is 0 Å². The molecule has 1 aromatic carbocycles. The molecule has 18 heavy (non-hydrogen) atoms. The van der Waals surface area contributed by atoms with Crippen LogP contribution in [0.2, 0.25) is 5.02 Å². The molecule has 2 rings (SSSR count). The normalized spacial score (nSPS) is 10.6. The van der Waals surface area contributed by atoms with E-state index in [0.717, 1.165) is 29.6 Å². The zero-order valence-electron chi connectivity index (χ0n) is 9.85. The third kappa shape index (κ3) is 4.03. The minimum Gasteiger partial charge on any atom is -0.492 e. The van der Waals surface area contributed by atoms with Gasteiger partial charge in [-0.3, -0.25) is 0 Å². The van der Waals surface area contributed by atoms with Crippen LogP contribution in [0.15, 0.2) is 41.4 Å². The fourth-order valence-corrected chi connectivity index (χ4v) is 2.32. The molecule has 0 aliphatic rings. The quantitative estimate of drug-likeness (QED) is 0.744. The third-order valence-corrected chi connectivity index (χ3v) is 3.31. The lowest BCUT2D eigenvalue weighted by Gasteiger charge is -2.08. The fraction of sp³-hybridized carbons (Fsp3) is 0.308. The topological polar surface area (TPSA) is 27.1 Å². The van der Waals surface area contributed by atoms with Crippen LogP contribution in [0.4, 0.5) is 0 Å². The first-order valence-electron chi connectivity index (χ1n) is 5.79. The Bertz CT molecular complexity index is 488. The van der Waals surface area contributed by atoms with Gasteiger partial charge < -0.3 is 9.30 Å². The van der Waals surface area contributed by atoms with Crippen molar-refractivity contribution >= 4 is 27.5 Å². The number of aryl methyl sites for hydroxylation is 1. The molecule has 0 aliphatic carbocycles. The predicted molar refractivity (Wildman–Crippen MR) is 76.1 cm³/mol. The molecule has 2 aromatic rings. The Morgan fingerprint density at radius 3 is 2.94 bits per heavy atom. The first-order valence-corrected chi connectivity index (χ1v) is 6.96. The summed E-state index contributed by atoms with van der Waals surface area (Å²) in [6.45, 7) is 1.65. The molecule has 5 heteroatoms. The van der Waals surface area contributed by atoms with Gasteiger partial charge in [0.05, 0.1) is 18.0 Å². The second-order valence-corrected chi connectivity index (χ2v) is 5.25. The number of imidazole rings is 1. The van der Waals surface area contributed by atoms with Gasteiger partial charge in [0.15, 0.2) is 0 Å². The second-order valence-electron chi connectivity index (χ2n) is 3.93. The van der Waals surface area contributed by atoms with Crippen LogP contribution in [0.1, 0.15) is 12.8 Å². The SMILES string of the molecule is Clc1cc(Br)ccc1OCCCCn1ccnc1. The van der Waals surface area contributed by atoms with Crippen LogP contribution in [-0.2, 0) is 6.54 Å². The van der Waals surface area contributed by atoms with Crippen LogP contribution in [0.5, 0.6) is 5.75 Å². The summed E-state index contributed by atoms with van der Waals surface area (Å²) < 4.78 is 8.65. The molecular formula is C13H14BrClN2O. The Hall–Kier alpha value is -1.00. The fourth-order valence-electron chi connectivity index (χ4n) is 1.59. The standard InChI is InChI=1S/C13H14BrClN2O/c14-11-3-4-13(12(15)9-11)18-8-2-1-6-17-7-5-16-10-17/h3-5,7,9-10H,1-2,6,8H2. The molecule has 0 saturated carbocycles. The Labute approximate surface area is 120 Å². The van der Waals surface area contributed by atoms with Crippen molar-refractivity contribution in [3.05, 3.63) is 46.4 Å². The molecule has 0 saturated heterocycles. The van der Waals surface area contributed by atoms with Gasteiger partial charge in [-0.25, -0.2) is 4.98 Å². The lowest BCUT2D eigenvalue weighted by atomic mass is 10.3. The van der Waals surface area contributed by atoms with Gasteiger partial charge in [0, 0.05) is 23.4 Å². The highest BCUT2D eigenvalue weighted by molar-refractivity contribution is 9.10. The van der Waals surface area contributed by atoms with E-state index in [-0.39, 0.29) is 0 Å². The number of hydrogen-bond acceptors (Lipinski definition) is 2. The molecule has 0 unspecified atom stereocenters. The number of hydrogen-bond donors (Lipinski definition) is 0. The van der Waals surface area contributed by atoms with E-state index in [1.807, 2.05) is 30.7 Å². The van der Waals surface area contributed by atoms with Crippen LogP contribution < -0.4 is 4.74 Å². The minimum absolute atomic E-state index is 0.638. The van der Waals surface area contributed by atoms with Gasteiger partial charge in [0.1, 0.15) is 5.75 Å². The van der Waals surface area contributed by atoms with Crippen LogP contribution in [0.3, 0.4) is 0 Å². The average molecular weight is 330 g/mol. The van der Waals surface area contributed by atoms with Gasteiger partial charge in [0.25, 0.3) is 0 Å². The van der Waals surface area contributed by atoms with Crippen molar-refractivity contribution < 1.29 is 4.74 Å². The molecule has 0 atom stereocenters. The molecule has 0 bridgehead atoms.